The van der Waals surface area contributed by atoms with Crippen LogP contribution in [-0.2, 0) is 24.4 Å². The minimum absolute atomic E-state index is 0.0722. The van der Waals surface area contributed by atoms with Gasteiger partial charge in [0.25, 0.3) is 0 Å². The minimum atomic E-state index is -0.828. The first-order valence-electron chi connectivity index (χ1n) is 9.96. The summed E-state index contributed by atoms with van der Waals surface area (Å²) in [6.07, 6.45) is -0.0358. The topological polar surface area (TPSA) is 76.5 Å². The molecule has 3 atom stereocenters. The summed E-state index contributed by atoms with van der Waals surface area (Å²) in [6, 6.07) is 3.01. The first-order valence-corrected chi connectivity index (χ1v) is 9.96. The second-order valence-electron chi connectivity index (χ2n) is 8.83. The molecule has 0 aliphatic carbocycles. The van der Waals surface area contributed by atoms with Crippen LogP contribution in [0.15, 0.2) is 18.2 Å². The number of hydrogen-bond acceptors (Lipinski definition) is 5. The van der Waals surface area contributed by atoms with E-state index in [9.17, 15) is 13.9 Å². The molecule has 0 spiro atoms. The van der Waals surface area contributed by atoms with Crippen LogP contribution in [0.25, 0.3) is 0 Å². The number of imidazole rings is 1. The first-order chi connectivity index (χ1) is 13.6. The maximum Gasteiger partial charge on any atom is 0.129 e. The molecule has 0 unspecified atom stereocenters. The Morgan fingerprint density at radius 1 is 1.31 bits per heavy atom. The number of benzene rings is 1. The van der Waals surface area contributed by atoms with Gasteiger partial charge < -0.3 is 20.1 Å². The number of fused-ring (bicyclic) bond motifs is 1. The van der Waals surface area contributed by atoms with Gasteiger partial charge in [-0.25, -0.2) is 13.8 Å². The average Bonchev–Trinajstić information content (AvgIpc) is 3.15. The summed E-state index contributed by atoms with van der Waals surface area (Å²) in [4.78, 5) is 6.93. The number of ether oxygens (including phenoxy) is 1. The number of nitrogens with zero attached hydrogens (tertiary/aromatic N) is 3. The molecule has 2 aliphatic rings. The molecule has 0 saturated carbocycles. The Hall–Kier alpha value is -1.87. The molecule has 3 N–H and O–H groups in total. The molecule has 6 nitrogen and oxygen atoms in total. The first kappa shape index (κ1) is 20.4. The van der Waals surface area contributed by atoms with Gasteiger partial charge in [0.2, 0.25) is 0 Å². The second kappa shape index (κ2) is 7.43. The zero-order valence-electron chi connectivity index (χ0n) is 17.0. The smallest absolute Gasteiger partial charge is 0.129 e. The van der Waals surface area contributed by atoms with E-state index in [-0.39, 0.29) is 11.6 Å². The maximum atomic E-state index is 14.1. The lowest BCUT2D eigenvalue weighted by Gasteiger charge is -2.38. The number of nitrogens with two attached hydrogens (primary N) is 1. The van der Waals surface area contributed by atoms with Gasteiger partial charge in [-0.3, -0.25) is 4.90 Å². The maximum absolute atomic E-state index is 14.1. The van der Waals surface area contributed by atoms with Crippen LogP contribution >= 0.6 is 0 Å². The van der Waals surface area contributed by atoms with Crippen molar-refractivity contribution < 1.29 is 18.6 Å². The molecule has 0 radical (unpaired) electrons. The summed E-state index contributed by atoms with van der Waals surface area (Å²) < 4.78 is 35.7. The quantitative estimate of drug-likeness (QED) is 0.816. The Kier molecular flexibility index (Phi) is 5.23. The van der Waals surface area contributed by atoms with Crippen LogP contribution in [0.1, 0.15) is 49.1 Å². The molecular weight excluding hydrogens is 378 g/mol. The van der Waals surface area contributed by atoms with Gasteiger partial charge in [0, 0.05) is 30.7 Å². The summed E-state index contributed by atoms with van der Waals surface area (Å²) in [7, 11) is 0. The normalized spacial score (nSPS) is 25.4. The Morgan fingerprint density at radius 3 is 2.76 bits per heavy atom. The summed E-state index contributed by atoms with van der Waals surface area (Å²) in [5.41, 5.74) is 7.78. The van der Waals surface area contributed by atoms with Crippen LogP contribution in [0, 0.1) is 18.6 Å². The third-order valence-corrected chi connectivity index (χ3v) is 5.78. The standard InChI is InChI=1S/C21H28F2N4O2/c1-12-25-18-8-26(9-19(18)27(12)11-21(2,3)28)14-7-17(24)20(29-10-14)15-6-13(22)4-5-16(15)23/h4-6,14,17,20,28H,7-11,24H2,1-3H3/t14-,17+,20-/m1/s1. The van der Waals surface area contributed by atoms with Crippen molar-refractivity contribution in [3.63, 3.8) is 0 Å². The summed E-state index contributed by atoms with van der Waals surface area (Å²) in [5.74, 6) is -0.103. The van der Waals surface area contributed by atoms with Crippen LogP contribution in [0.2, 0.25) is 0 Å². The fourth-order valence-corrected chi connectivity index (χ4v) is 4.42. The number of aromatic nitrogens is 2. The van der Waals surface area contributed by atoms with Crippen molar-refractivity contribution in [1.29, 1.82) is 0 Å². The number of hydrogen-bond donors (Lipinski definition) is 2. The van der Waals surface area contributed by atoms with Crippen LogP contribution in [0.5, 0.6) is 0 Å². The highest BCUT2D eigenvalue weighted by molar-refractivity contribution is 5.25. The molecule has 0 amide bonds. The average molecular weight is 406 g/mol. The number of rotatable bonds is 4. The van der Waals surface area contributed by atoms with E-state index in [1.54, 1.807) is 13.8 Å². The van der Waals surface area contributed by atoms with E-state index in [1.165, 1.54) is 0 Å². The van der Waals surface area contributed by atoms with Crippen molar-refractivity contribution in [3.05, 3.63) is 52.6 Å². The highest BCUT2D eigenvalue weighted by Crippen LogP contribution is 2.34. The molecule has 0 bridgehead atoms. The van der Waals surface area contributed by atoms with Gasteiger partial charge in [-0.15, -0.1) is 0 Å². The molecule has 1 saturated heterocycles. The van der Waals surface area contributed by atoms with E-state index >= 15 is 0 Å². The van der Waals surface area contributed by atoms with Gasteiger partial charge >= 0.3 is 0 Å². The van der Waals surface area contributed by atoms with Crippen molar-refractivity contribution in [1.82, 2.24) is 14.5 Å². The Bertz CT molecular complexity index is 909. The molecule has 3 heterocycles. The third kappa shape index (κ3) is 4.07. The minimum Gasteiger partial charge on any atom is -0.389 e. The molecule has 2 aliphatic heterocycles. The Balaban J connectivity index is 1.46. The van der Waals surface area contributed by atoms with E-state index in [0.29, 0.717) is 32.7 Å². The van der Waals surface area contributed by atoms with Crippen molar-refractivity contribution in [2.75, 3.05) is 6.61 Å². The van der Waals surface area contributed by atoms with Crippen molar-refractivity contribution in [2.45, 2.75) is 70.6 Å². The van der Waals surface area contributed by atoms with Gasteiger partial charge in [0.15, 0.2) is 0 Å². The molecule has 29 heavy (non-hydrogen) atoms. The van der Waals surface area contributed by atoms with Gasteiger partial charge in [-0.1, -0.05) is 0 Å². The van der Waals surface area contributed by atoms with Gasteiger partial charge in [-0.05, 0) is 45.4 Å². The molecule has 1 aromatic heterocycles. The molecule has 1 aromatic carbocycles. The Morgan fingerprint density at radius 2 is 2.07 bits per heavy atom. The zero-order chi connectivity index (χ0) is 20.9. The molecule has 1 fully saturated rings. The van der Waals surface area contributed by atoms with Crippen LogP contribution in [0.4, 0.5) is 8.78 Å². The molecular formula is C21H28F2N4O2. The van der Waals surface area contributed by atoms with E-state index in [2.05, 4.69) is 14.5 Å². The van der Waals surface area contributed by atoms with Gasteiger partial charge in [0.05, 0.1) is 30.1 Å². The lowest BCUT2D eigenvalue weighted by molar-refractivity contribution is -0.0536. The fraction of sp³-hybridized carbons (Fsp3) is 0.571. The largest absolute Gasteiger partial charge is 0.389 e. The predicted molar refractivity (Wildman–Crippen MR) is 104 cm³/mol. The fourth-order valence-electron chi connectivity index (χ4n) is 4.42. The zero-order valence-corrected chi connectivity index (χ0v) is 17.0. The van der Waals surface area contributed by atoms with Crippen molar-refractivity contribution >= 4 is 0 Å². The van der Waals surface area contributed by atoms with E-state index in [4.69, 9.17) is 10.5 Å². The van der Waals surface area contributed by atoms with E-state index in [1.807, 2.05) is 6.92 Å². The third-order valence-electron chi connectivity index (χ3n) is 5.78. The SMILES string of the molecule is Cc1nc2c(n1CC(C)(C)O)CN([C@H]1CO[C@H](c3cc(F)ccc3F)[C@@H](N)C1)C2. The summed E-state index contributed by atoms with van der Waals surface area (Å²) >= 11 is 0. The van der Waals surface area contributed by atoms with E-state index < -0.39 is 29.4 Å². The lowest BCUT2D eigenvalue weighted by atomic mass is 9.93. The lowest BCUT2D eigenvalue weighted by Crippen LogP contribution is -2.48. The van der Waals surface area contributed by atoms with Gasteiger partial charge in [0.1, 0.15) is 23.6 Å². The van der Waals surface area contributed by atoms with Crippen LogP contribution in [-0.4, -0.2) is 43.8 Å². The summed E-state index contributed by atoms with van der Waals surface area (Å²) in [6.45, 7) is 7.78. The van der Waals surface area contributed by atoms with Crippen molar-refractivity contribution in [3.8, 4) is 0 Å². The number of aliphatic hydroxyl groups is 1. The molecule has 4 rings (SSSR count). The Labute approximate surface area is 169 Å². The number of halogens is 2. The molecule has 158 valence electrons. The molecule has 2 aromatic rings. The number of aryl methyl sites for hydroxylation is 1. The van der Waals surface area contributed by atoms with Crippen LogP contribution in [0.3, 0.4) is 0 Å². The highest BCUT2D eigenvalue weighted by atomic mass is 19.1. The van der Waals surface area contributed by atoms with Crippen LogP contribution < -0.4 is 5.73 Å². The monoisotopic (exact) mass is 406 g/mol. The highest BCUT2D eigenvalue weighted by Gasteiger charge is 2.38. The second-order valence-corrected chi connectivity index (χ2v) is 8.83. The predicted octanol–water partition coefficient (Wildman–Crippen LogP) is 2.41. The van der Waals surface area contributed by atoms with Crippen molar-refractivity contribution in [2.24, 2.45) is 5.73 Å². The molecule has 8 heteroatoms. The van der Waals surface area contributed by atoms with E-state index in [0.717, 1.165) is 35.4 Å². The summed E-state index contributed by atoms with van der Waals surface area (Å²) in [5, 5.41) is 10.2. The van der Waals surface area contributed by atoms with Gasteiger partial charge in [-0.2, -0.15) is 0 Å².